The van der Waals surface area contributed by atoms with Crippen molar-refractivity contribution < 1.29 is 9.13 Å². The van der Waals surface area contributed by atoms with Crippen molar-refractivity contribution >= 4 is 0 Å². The van der Waals surface area contributed by atoms with E-state index in [9.17, 15) is 9.65 Å². The molecular formula is C14H15FN2O. The van der Waals surface area contributed by atoms with Gasteiger partial charge >= 0.3 is 0 Å². The van der Waals surface area contributed by atoms with Crippen LogP contribution in [0.4, 0.5) is 4.39 Å². The molecule has 3 unspecified atom stereocenters. The lowest BCUT2D eigenvalue weighted by Gasteiger charge is -2.68. The lowest BCUT2D eigenvalue weighted by Crippen LogP contribution is -2.74. The van der Waals surface area contributed by atoms with E-state index < -0.39 is 17.4 Å². The third kappa shape index (κ3) is 1.02. The number of hydrogen-bond acceptors (Lipinski definition) is 3. The Morgan fingerprint density at radius 1 is 1.06 bits per heavy atom. The Labute approximate surface area is 106 Å². The summed E-state index contributed by atoms with van der Waals surface area (Å²) in [6, 6.07) is 4.32. The van der Waals surface area contributed by atoms with Crippen molar-refractivity contribution in [2.24, 2.45) is 23.7 Å². The van der Waals surface area contributed by atoms with Crippen molar-refractivity contribution in [3.63, 3.8) is 0 Å². The Balaban J connectivity index is 1.73. The summed E-state index contributed by atoms with van der Waals surface area (Å²) in [5.74, 6) is 0.439. The maximum Gasteiger partial charge on any atom is 0.163 e. The molecule has 7 atom stereocenters. The smallest absolute Gasteiger partial charge is 0.163 e. The van der Waals surface area contributed by atoms with Crippen LogP contribution in [-0.4, -0.2) is 17.4 Å². The molecule has 4 saturated carbocycles. The minimum atomic E-state index is -1.01. The largest absolute Gasteiger partial charge is 0.353 e. The second-order valence-electron chi connectivity index (χ2n) is 6.62. The van der Waals surface area contributed by atoms with Crippen LogP contribution in [0, 0.1) is 46.3 Å². The van der Waals surface area contributed by atoms with Crippen LogP contribution in [0.1, 0.15) is 32.1 Å². The van der Waals surface area contributed by atoms with Gasteiger partial charge in [-0.1, -0.05) is 0 Å². The van der Waals surface area contributed by atoms with Crippen LogP contribution >= 0.6 is 0 Å². The Morgan fingerprint density at radius 3 is 2.22 bits per heavy atom. The Kier molecular flexibility index (Phi) is 1.83. The van der Waals surface area contributed by atoms with Crippen LogP contribution in [0.5, 0.6) is 0 Å². The normalized spacial score (nSPS) is 60.1. The second-order valence-corrected chi connectivity index (χ2v) is 6.62. The predicted molar refractivity (Wildman–Crippen MR) is 59.7 cm³/mol. The molecule has 1 spiro atoms. The molecule has 1 heterocycles. The third-order valence-electron chi connectivity index (χ3n) is 5.78. The monoisotopic (exact) mass is 246 g/mol. The topological polar surface area (TPSA) is 56.8 Å². The van der Waals surface area contributed by atoms with Crippen molar-refractivity contribution in [2.45, 2.75) is 49.5 Å². The number of hydrogen-bond donors (Lipinski definition) is 0. The number of nitriles is 2. The average Bonchev–Trinajstić information content (AvgIpc) is 2.25. The molecule has 4 bridgehead atoms. The van der Waals surface area contributed by atoms with Gasteiger partial charge in [-0.05, 0) is 49.9 Å². The summed E-state index contributed by atoms with van der Waals surface area (Å²) < 4.78 is 20.4. The van der Waals surface area contributed by atoms with Gasteiger partial charge in [0.25, 0.3) is 0 Å². The van der Waals surface area contributed by atoms with Crippen LogP contribution < -0.4 is 0 Å². The first-order valence-corrected chi connectivity index (χ1v) is 6.77. The predicted octanol–water partition coefficient (Wildman–Crippen LogP) is 2.34. The fraction of sp³-hybridized carbons (Fsp3) is 0.857. The van der Waals surface area contributed by atoms with Crippen molar-refractivity contribution in [3.05, 3.63) is 0 Å². The Hall–Kier alpha value is -1.13. The summed E-state index contributed by atoms with van der Waals surface area (Å²) >= 11 is 0. The van der Waals surface area contributed by atoms with Crippen molar-refractivity contribution in [2.75, 3.05) is 0 Å². The third-order valence-corrected chi connectivity index (χ3v) is 5.78. The van der Waals surface area contributed by atoms with Crippen LogP contribution in [-0.2, 0) is 4.74 Å². The molecule has 5 rings (SSSR count). The van der Waals surface area contributed by atoms with Crippen LogP contribution in [0.3, 0.4) is 0 Å². The molecule has 0 radical (unpaired) electrons. The van der Waals surface area contributed by atoms with Crippen LogP contribution in [0.15, 0.2) is 0 Å². The van der Waals surface area contributed by atoms with Gasteiger partial charge in [-0.3, -0.25) is 0 Å². The van der Waals surface area contributed by atoms with Crippen LogP contribution in [0.2, 0.25) is 0 Å². The van der Waals surface area contributed by atoms with E-state index in [1.165, 1.54) is 0 Å². The van der Waals surface area contributed by atoms with E-state index in [2.05, 4.69) is 12.1 Å². The minimum absolute atomic E-state index is 0.156. The highest BCUT2D eigenvalue weighted by atomic mass is 19.1. The average molecular weight is 246 g/mol. The molecule has 94 valence electrons. The first-order chi connectivity index (χ1) is 8.61. The van der Waals surface area contributed by atoms with E-state index in [1.807, 2.05) is 0 Å². The number of ether oxygens (including phenoxy) is 1. The lowest BCUT2D eigenvalue weighted by atomic mass is 9.44. The summed E-state index contributed by atoms with van der Waals surface area (Å²) in [4.78, 5) is 0. The van der Waals surface area contributed by atoms with E-state index in [4.69, 9.17) is 10.00 Å². The fourth-order valence-corrected chi connectivity index (χ4v) is 5.40. The molecule has 0 aromatic heterocycles. The lowest BCUT2D eigenvalue weighted by molar-refractivity contribution is -0.327. The number of nitrogens with zero attached hydrogens (tertiary/aromatic N) is 2. The van der Waals surface area contributed by atoms with E-state index in [0.717, 1.165) is 12.8 Å². The van der Waals surface area contributed by atoms with Gasteiger partial charge in [0.2, 0.25) is 0 Å². The first kappa shape index (κ1) is 10.8. The van der Waals surface area contributed by atoms with Crippen molar-refractivity contribution in [3.8, 4) is 12.1 Å². The van der Waals surface area contributed by atoms with Gasteiger partial charge in [-0.2, -0.15) is 10.5 Å². The zero-order valence-electron chi connectivity index (χ0n) is 10.1. The zero-order chi connectivity index (χ0) is 12.5. The molecule has 0 aromatic rings. The van der Waals surface area contributed by atoms with E-state index in [-0.39, 0.29) is 17.8 Å². The van der Waals surface area contributed by atoms with E-state index in [0.29, 0.717) is 25.2 Å². The van der Waals surface area contributed by atoms with Gasteiger partial charge < -0.3 is 4.74 Å². The summed E-state index contributed by atoms with van der Waals surface area (Å²) in [5.41, 5.74) is -1.50. The minimum Gasteiger partial charge on any atom is -0.353 e. The highest BCUT2D eigenvalue weighted by molar-refractivity contribution is 5.26. The number of halogens is 1. The summed E-state index contributed by atoms with van der Waals surface area (Å²) in [6.45, 7) is 0. The molecule has 4 heteroatoms. The van der Waals surface area contributed by atoms with Gasteiger partial charge in [0.05, 0.1) is 17.7 Å². The molecule has 0 N–H and O–H groups in total. The molecule has 5 aliphatic rings. The molecule has 5 fully saturated rings. The van der Waals surface area contributed by atoms with Crippen LogP contribution in [0.25, 0.3) is 0 Å². The molecule has 0 aromatic carbocycles. The summed E-state index contributed by atoms with van der Waals surface area (Å²) in [6.07, 6.45) is 3.15. The Bertz CT molecular complexity index is 475. The molecular weight excluding hydrogens is 231 g/mol. The van der Waals surface area contributed by atoms with Gasteiger partial charge in [-0.25, -0.2) is 4.39 Å². The molecule has 1 aliphatic heterocycles. The maximum absolute atomic E-state index is 14.6. The Morgan fingerprint density at radius 2 is 1.72 bits per heavy atom. The summed E-state index contributed by atoms with van der Waals surface area (Å²) in [5, 5.41) is 18.3. The summed E-state index contributed by atoms with van der Waals surface area (Å²) in [7, 11) is 0. The SMILES string of the molecule is N#C[C@@H]1OC2([C@@H]3CC4C[C@H]2CC(F)(C4)C3)[C@@H]1C#N. The van der Waals surface area contributed by atoms with E-state index >= 15 is 0 Å². The highest BCUT2D eigenvalue weighted by Gasteiger charge is 2.72. The van der Waals surface area contributed by atoms with Gasteiger partial charge in [-0.15, -0.1) is 0 Å². The maximum atomic E-state index is 14.6. The molecule has 3 nitrogen and oxygen atoms in total. The van der Waals surface area contributed by atoms with E-state index in [1.54, 1.807) is 0 Å². The molecule has 1 saturated heterocycles. The zero-order valence-corrected chi connectivity index (χ0v) is 10.1. The number of rotatable bonds is 0. The van der Waals surface area contributed by atoms with Crippen molar-refractivity contribution in [1.82, 2.24) is 0 Å². The highest BCUT2D eigenvalue weighted by Crippen LogP contribution is 2.67. The standard InChI is InChI=1S/C14H15FN2O/c15-13-3-8-1-9(4-13)14(10(2-8)5-13)11(6-16)12(7-17)18-14/h8-12H,1-5H2/t8?,9-,10+,11-,12+,13?,14?/m1/s1. The molecule has 18 heavy (non-hydrogen) atoms. The van der Waals surface area contributed by atoms with Gasteiger partial charge in [0.1, 0.15) is 11.6 Å². The number of alkyl halides is 1. The second kappa shape index (κ2) is 3.06. The quantitative estimate of drug-likeness (QED) is 0.659. The molecule has 4 aliphatic carbocycles. The fourth-order valence-electron chi connectivity index (χ4n) is 5.40. The van der Waals surface area contributed by atoms with Gasteiger partial charge in [0, 0.05) is 0 Å². The van der Waals surface area contributed by atoms with Gasteiger partial charge in [0.15, 0.2) is 6.10 Å². The first-order valence-electron chi connectivity index (χ1n) is 6.77. The molecule has 0 amide bonds. The van der Waals surface area contributed by atoms with Crippen molar-refractivity contribution in [1.29, 1.82) is 10.5 Å².